The van der Waals surface area contributed by atoms with Gasteiger partial charge in [0, 0.05) is 6.54 Å². The minimum absolute atomic E-state index is 0.0317. The van der Waals surface area contributed by atoms with E-state index in [0.717, 1.165) is 24.4 Å². The summed E-state index contributed by atoms with van der Waals surface area (Å²) in [7, 11) is 0. The molecule has 0 spiro atoms. The van der Waals surface area contributed by atoms with E-state index in [4.69, 9.17) is 13.9 Å². The summed E-state index contributed by atoms with van der Waals surface area (Å²) in [6, 6.07) is 3.71. The summed E-state index contributed by atoms with van der Waals surface area (Å²) >= 11 is 0. The third-order valence-electron chi connectivity index (χ3n) is 4.28. The van der Waals surface area contributed by atoms with Crippen molar-refractivity contribution in [1.29, 1.82) is 0 Å². The number of carbonyl (C=O) groups is 1. The van der Waals surface area contributed by atoms with Crippen LogP contribution in [0.5, 0.6) is 0 Å². The smallest absolute Gasteiger partial charge is 0.249 e. The molecule has 3 rings (SSSR count). The van der Waals surface area contributed by atoms with Crippen LogP contribution in [-0.4, -0.2) is 43.3 Å². The van der Waals surface area contributed by atoms with Gasteiger partial charge in [0.1, 0.15) is 24.2 Å². The van der Waals surface area contributed by atoms with E-state index in [9.17, 15) is 4.79 Å². The van der Waals surface area contributed by atoms with Crippen molar-refractivity contribution in [3.05, 3.63) is 23.7 Å². The number of furan rings is 1. The van der Waals surface area contributed by atoms with E-state index in [0.29, 0.717) is 19.8 Å². The molecule has 116 valence electrons. The molecule has 0 N–H and O–H groups in total. The second kappa shape index (κ2) is 6.62. The second-order valence-corrected chi connectivity index (χ2v) is 5.84. The summed E-state index contributed by atoms with van der Waals surface area (Å²) < 4.78 is 16.9. The number of hydrogen-bond donors (Lipinski definition) is 0. The summed E-state index contributed by atoms with van der Waals surface area (Å²) in [6.07, 6.45) is 4.85. The Morgan fingerprint density at radius 3 is 2.90 bits per heavy atom. The summed E-state index contributed by atoms with van der Waals surface area (Å²) in [4.78, 5) is 14.3. The maximum atomic E-state index is 12.4. The van der Waals surface area contributed by atoms with Gasteiger partial charge in [-0.05, 0) is 31.9 Å². The molecule has 1 saturated carbocycles. The van der Waals surface area contributed by atoms with E-state index in [-0.39, 0.29) is 24.7 Å². The molecule has 2 aliphatic rings. The first-order valence-electron chi connectivity index (χ1n) is 7.79. The minimum Gasteiger partial charge on any atom is -0.464 e. The van der Waals surface area contributed by atoms with E-state index in [1.165, 1.54) is 12.8 Å². The topological polar surface area (TPSA) is 51.9 Å². The molecule has 1 aromatic heterocycles. The molecule has 0 radical (unpaired) electrons. The van der Waals surface area contributed by atoms with Gasteiger partial charge in [-0.15, -0.1) is 0 Å². The van der Waals surface area contributed by atoms with E-state index in [1.54, 1.807) is 0 Å². The number of aryl methyl sites for hydroxylation is 1. The quantitative estimate of drug-likeness (QED) is 0.855. The highest BCUT2D eigenvalue weighted by Gasteiger charge is 2.31. The van der Waals surface area contributed by atoms with Crippen LogP contribution in [0.25, 0.3) is 0 Å². The molecule has 1 atom stereocenters. The predicted octanol–water partition coefficient (Wildman–Crippen LogP) is 2.45. The Morgan fingerprint density at radius 1 is 1.38 bits per heavy atom. The largest absolute Gasteiger partial charge is 0.464 e. The lowest BCUT2D eigenvalue weighted by Crippen LogP contribution is -2.45. The Bertz CT molecular complexity index is 478. The lowest BCUT2D eigenvalue weighted by molar-refractivity contribution is -0.147. The Hall–Kier alpha value is -1.33. The summed E-state index contributed by atoms with van der Waals surface area (Å²) in [5.41, 5.74) is 0. The molecule has 5 heteroatoms. The SMILES string of the molecule is Cc1ccc(C2COCCN2C(=O)COC2CCCC2)o1. The molecule has 1 aromatic rings. The first kappa shape index (κ1) is 14.6. The fourth-order valence-corrected chi connectivity index (χ4v) is 3.10. The normalized spacial score (nSPS) is 23.7. The number of amides is 1. The van der Waals surface area contributed by atoms with Crippen LogP contribution in [-0.2, 0) is 14.3 Å². The van der Waals surface area contributed by atoms with E-state index < -0.39 is 0 Å². The lowest BCUT2D eigenvalue weighted by atomic mass is 10.1. The monoisotopic (exact) mass is 293 g/mol. The minimum atomic E-state index is -0.132. The predicted molar refractivity (Wildman–Crippen MR) is 76.9 cm³/mol. The Morgan fingerprint density at radius 2 is 2.19 bits per heavy atom. The summed E-state index contributed by atoms with van der Waals surface area (Å²) in [5, 5.41) is 0. The molecule has 2 heterocycles. The number of rotatable bonds is 4. The van der Waals surface area contributed by atoms with Gasteiger partial charge in [0.05, 0.1) is 19.3 Å². The van der Waals surface area contributed by atoms with Crippen LogP contribution in [0.2, 0.25) is 0 Å². The Kier molecular flexibility index (Phi) is 4.60. The van der Waals surface area contributed by atoms with Crippen LogP contribution < -0.4 is 0 Å². The number of morpholine rings is 1. The highest BCUT2D eigenvalue weighted by Crippen LogP contribution is 2.26. The first-order chi connectivity index (χ1) is 10.2. The molecule has 1 aliphatic carbocycles. The average Bonchev–Trinajstić information content (AvgIpc) is 3.16. The molecule has 1 amide bonds. The molecule has 0 aromatic carbocycles. The van der Waals surface area contributed by atoms with Gasteiger partial charge < -0.3 is 18.8 Å². The van der Waals surface area contributed by atoms with Crippen molar-refractivity contribution in [2.75, 3.05) is 26.4 Å². The van der Waals surface area contributed by atoms with Gasteiger partial charge in [-0.25, -0.2) is 0 Å². The number of ether oxygens (including phenoxy) is 2. The zero-order chi connectivity index (χ0) is 14.7. The van der Waals surface area contributed by atoms with Crippen molar-refractivity contribution in [2.24, 2.45) is 0 Å². The summed E-state index contributed by atoms with van der Waals surface area (Å²) in [6.45, 7) is 3.73. The Labute approximate surface area is 125 Å². The number of carbonyl (C=O) groups excluding carboxylic acids is 1. The van der Waals surface area contributed by atoms with Gasteiger partial charge >= 0.3 is 0 Å². The molecule has 21 heavy (non-hydrogen) atoms. The van der Waals surface area contributed by atoms with Crippen molar-refractivity contribution in [1.82, 2.24) is 4.90 Å². The van der Waals surface area contributed by atoms with E-state index in [1.807, 2.05) is 24.0 Å². The van der Waals surface area contributed by atoms with E-state index >= 15 is 0 Å². The maximum absolute atomic E-state index is 12.4. The fourth-order valence-electron chi connectivity index (χ4n) is 3.10. The van der Waals surface area contributed by atoms with Gasteiger partial charge in [-0.2, -0.15) is 0 Å². The van der Waals surface area contributed by atoms with Crippen molar-refractivity contribution >= 4 is 5.91 Å². The fraction of sp³-hybridized carbons (Fsp3) is 0.688. The average molecular weight is 293 g/mol. The van der Waals surface area contributed by atoms with Gasteiger partial charge in [0.25, 0.3) is 0 Å². The van der Waals surface area contributed by atoms with Crippen LogP contribution in [0.1, 0.15) is 43.2 Å². The third-order valence-corrected chi connectivity index (χ3v) is 4.28. The zero-order valence-electron chi connectivity index (χ0n) is 12.5. The molecule has 2 fully saturated rings. The molecule has 5 nitrogen and oxygen atoms in total. The molecular formula is C16H23NO4. The number of nitrogens with zero attached hydrogens (tertiary/aromatic N) is 1. The summed E-state index contributed by atoms with van der Waals surface area (Å²) in [5.74, 6) is 1.68. The van der Waals surface area contributed by atoms with Gasteiger partial charge in [0.15, 0.2) is 0 Å². The van der Waals surface area contributed by atoms with Gasteiger partial charge in [0.2, 0.25) is 5.91 Å². The number of hydrogen-bond acceptors (Lipinski definition) is 4. The first-order valence-corrected chi connectivity index (χ1v) is 7.79. The van der Waals surface area contributed by atoms with Crippen LogP contribution in [0.4, 0.5) is 0 Å². The third kappa shape index (κ3) is 3.47. The standard InChI is InChI=1S/C16H23NO4/c1-12-6-7-15(21-12)14-10-19-9-8-17(14)16(18)11-20-13-4-2-3-5-13/h6-7,13-14H,2-5,8-11H2,1H3. The highest BCUT2D eigenvalue weighted by atomic mass is 16.5. The van der Waals surface area contributed by atoms with Crippen LogP contribution in [0.3, 0.4) is 0 Å². The van der Waals surface area contributed by atoms with Gasteiger partial charge in [-0.1, -0.05) is 12.8 Å². The molecule has 1 aliphatic heterocycles. The molecule has 1 saturated heterocycles. The second-order valence-electron chi connectivity index (χ2n) is 5.84. The van der Waals surface area contributed by atoms with Crippen LogP contribution in [0.15, 0.2) is 16.5 Å². The van der Waals surface area contributed by atoms with Crippen LogP contribution >= 0.6 is 0 Å². The van der Waals surface area contributed by atoms with Crippen LogP contribution in [0, 0.1) is 6.92 Å². The maximum Gasteiger partial charge on any atom is 0.249 e. The highest BCUT2D eigenvalue weighted by molar-refractivity contribution is 5.78. The van der Waals surface area contributed by atoms with Gasteiger partial charge in [-0.3, -0.25) is 4.79 Å². The van der Waals surface area contributed by atoms with Crippen molar-refractivity contribution in [3.8, 4) is 0 Å². The van der Waals surface area contributed by atoms with Crippen molar-refractivity contribution < 1.29 is 18.7 Å². The van der Waals surface area contributed by atoms with Crippen molar-refractivity contribution in [2.45, 2.75) is 44.8 Å². The van der Waals surface area contributed by atoms with Crippen molar-refractivity contribution in [3.63, 3.8) is 0 Å². The molecule has 1 unspecified atom stereocenters. The lowest BCUT2D eigenvalue weighted by Gasteiger charge is -2.34. The zero-order valence-corrected chi connectivity index (χ0v) is 12.5. The Balaban J connectivity index is 1.61. The molecule has 0 bridgehead atoms. The van der Waals surface area contributed by atoms with E-state index in [2.05, 4.69) is 0 Å². The molecular weight excluding hydrogens is 270 g/mol.